The monoisotopic (exact) mass is 432 g/mol. The second-order valence-electron chi connectivity index (χ2n) is 7.85. The van der Waals surface area contributed by atoms with Crippen molar-refractivity contribution in [3.05, 3.63) is 71.8 Å². The van der Waals surface area contributed by atoms with Gasteiger partial charge in [-0.25, -0.2) is 4.79 Å². The van der Waals surface area contributed by atoms with Gasteiger partial charge in [-0.1, -0.05) is 37.3 Å². The van der Waals surface area contributed by atoms with Crippen LogP contribution in [0.25, 0.3) is 0 Å². The molecule has 0 spiro atoms. The lowest BCUT2D eigenvalue weighted by atomic mass is 9.85. The van der Waals surface area contributed by atoms with Crippen molar-refractivity contribution in [2.24, 2.45) is 11.8 Å². The number of hydrogen-bond donors (Lipinski definition) is 1. The van der Waals surface area contributed by atoms with Crippen LogP contribution in [0.1, 0.15) is 35.7 Å². The second kappa shape index (κ2) is 9.18. The standard InChI is InChI=1S/C25H24N2O5/c1-2-16-7-3-6-10-21(16)26-22(28)15-32-25(31)17-11-13-18(14-12-17)27-23(29)19-8-4-5-9-20(19)24(27)30/h3-7,10-14,19-20H,2,8-9,15H2,1H3,(H,26,28)/t19-,20-/m0/s1. The number of anilines is 2. The molecule has 7 heteroatoms. The largest absolute Gasteiger partial charge is 0.452 e. The number of aryl methyl sites for hydroxylation is 1. The van der Waals surface area contributed by atoms with E-state index >= 15 is 0 Å². The van der Waals surface area contributed by atoms with Crippen LogP contribution in [0.3, 0.4) is 0 Å². The Morgan fingerprint density at radius 3 is 2.22 bits per heavy atom. The van der Waals surface area contributed by atoms with E-state index in [4.69, 9.17) is 4.74 Å². The summed E-state index contributed by atoms with van der Waals surface area (Å²) in [7, 11) is 0. The molecule has 2 atom stereocenters. The number of carbonyl (C=O) groups is 4. The van der Waals surface area contributed by atoms with Gasteiger partial charge in [-0.3, -0.25) is 19.3 Å². The third-order valence-electron chi connectivity index (χ3n) is 5.88. The number of esters is 1. The van der Waals surface area contributed by atoms with Gasteiger partial charge in [0.25, 0.3) is 5.91 Å². The number of imide groups is 1. The Bertz CT molecular complexity index is 1060. The molecule has 1 saturated heterocycles. The summed E-state index contributed by atoms with van der Waals surface area (Å²) >= 11 is 0. The molecule has 0 radical (unpaired) electrons. The van der Waals surface area contributed by atoms with Crippen molar-refractivity contribution >= 4 is 35.1 Å². The van der Waals surface area contributed by atoms with Gasteiger partial charge in [0.15, 0.2) is 6.61 Å². The van der Waals surface area contributed by atoms with E-state index in [1.807, 2.05) is 37.3 Å². The van der Waals surface area contributed by atoms with E-state index in [0.29, 0.717) is 24.2 Å². The van der Waals surface area contributed by atoms with E-state index in [9.17, 15) is 19.2 Å². The third-order valence-corrected chi connectivity index (χ3v) is 5.88. The van der Waals surface area contributed by atoms with Gasteiger partial charge in [0.2, 0.25) is 11.8 Å². The van der Waals surface area contributed by atoms with E-state index < -0.39 is 18.5 Å². The highest BCUT2D eigenvalue weighted by molar-refractivity contribution is 6.22. The number of benzene rings is 2. The van der Waals surface area contributed by atoms with E-state index in [1.165, 1.54) is 17.0 Å². The highest BCUT2D eigenvalue weighted by atomic mass is 16.5. The smallest absolute Gasteiger partial charge is 0.338 e. The van der Waals surface area contributed by atoms with Gasteiger partial charge < -0.3 is 10.1 Å². The molecule has 32 heavy (non-hydrogen) atoms. The van der Waals surface area contributed by atoms with Gasteiger partial charge in [0, 0.05) is 5.69 Å². The Kier molecular flexibility index (Phi) is 6.16. The van der Waals surface area contributed by atoms with Crippen LogP contribution in [0.5, 0.6) is 0 Å². The first kappa shape index (κ1) is 21.5. The van der Waals surface area contributed by atoms with Gasteiger partial charge in [0.05, 0.1) is 23.1 Å². The van der Waals surface area contributed by atoms with Gasteiger partial charge in [0.1, 0.15) is 0 Å². The first-order chi connectivity index (χ1) is 15.5. The van der Waals surface area contributed by atoms with Crippen molar-refractivity contribution in [1.29, 1.82) is 0 Å². The lowest BCUT2D eigenvalue weighted by molar-refractivity contribution is -0.122. The van der Waals surface area contributed by atoms with Crippen molar-refractivity contribution in [2.75, 3.05) is 16.8 Å². The van der Waals surface area contributed by atoms with E-state index in [0.717, 1.165) is 12.0 Å². The summed E-state index contributed by atoms with van der Waals surface area (Å²) in [6.07, 6.45) is 5.78. The normalized spacial score (nSPS) is 19.6. The molecule has 3 amide bonds. The maximum absolute atomic E-state index is 12.7. The second-order valence-corrected chi connectivity index (χ2v) is 7.85. The fourth-order valence-corrected chi connectivity index (χ4v) is 4.15. The number of ether oxygens (including phenoxy) is 1. The Morgan fingerprint density at radius 2 is 1.59 bits per heavy atom. The number of nitrogens with zero attached hydrogens (tertiary/aromatic N) is 1. The number of carbonyl (C=O) groups excluding carboxylic acids is 4. The van der Waals surface area contributed by atoms with Crippen LogP contribution < -0.4 is 10.2 Å². The molecule has 4 rings (SSSR count). The molecule has 1 heterocycles. The number of amides is 3. The van der Waals surface area contributed by atoms with Crippen LogP contribution in [0.2, 0.25) is 0 Å². The summed E-state index contributed by atoms with van der Waals surface area (Å²) in [6, 6.07) is 13.5. The number of nitrogens with one attached hydrogen (secondary N) is 1. The lowest BCUT2D eigenvalue weighted by Gasteiger charge is -2.15. The molecular weight excluding hydrogens is 408 g/mol. The number of para-hydroxylation sites is 1. The Balaban J connectivity index is 1.36. The summed E-state index contributed by atoms with van der Waals surface area (Å²) in [5.74, 6) is -2.12. The van der Waals surface area contributed by atoms with Crippen molar-refractivity contribution in [1.82, 2.24) is 0 Å². The molecule has 1 fully saturated rings. The molecule has 0 unspecified atom stereocenters. The first-order valence-electron chi connectivity index (χ1n) is 10.7. The Hall–Kier alpha value is -3.74. The van der Waals surface area contributed by atoms with Gasteiger partial charge in [-0.15, -0.1) is 0 Å². The van der Waals surface area contributed by atoms with Crippen molar-refractivity contribution < 1.29 is 23.9 Å². The fourth-order valence-electron chi connectivity index (χ4n) is 4.15. The molecule has 0 aromatic heterocycles. The maximum atomic E-state index is 12.7. The molecule has 0 saturated carbocycles. The number of allylic oxidation sites excluding steroid dienone is 2. The molecule has 1 aliphatic heterocycles. The highest BCUT2D eigenvalue weighted by Crippen LogP contribution is 2.37. The van der Waals surface area contributed by atoms with Crippen LogP contribution in [0, 0.1) is 11.8 Å². The predicted molar refractivity (Wildman–Crippen MR) is 119 cm³/mol. The van der Waals surface area contributed by atoms with Gasteiger partial charge >= 0.3 is 5.97 Å². The van der Waals surface area contributed by atoms with Gasteiger partial charge in [-0.2, -0.15) is 0 Å². The average molecular weight is 432 g/mol. The molecule has 164 valence electrons. The summed E-state index contributed by atoms with van der Waals surface area (Å²) in [5, 5.41) is 2.75. The van der Waals surface area contributed by atoms with Crippen LogP contribution >= 0.6 is 0 Å². The first-order valence-corrected chi connectivity index (χ1v) is 10.7. The molecule has 1 N–H and O–H groups in total. The quantitative estimate of drug-likeness (QED) is 0.428. The molecule has 2 aliphatic rings. The molecule has 1 aliphatic carbocycles. The average Bonchev–Trinajstić information content (AvgIpc) is 3.08. The van der Waals surface area contributed by atoms with E-state index in [-0.39, 0.29) is 29.2 Å². The van der Waals surface area contributed by atoms with Crippen LogP contribution in [-0.4, -0.2) is 30.3 Å². The van der Waals surface area contributed by atoms with Crippen LogP contribution in [0.4, 0.5) is 11.4 Å². The minimum absolute atomic E-state index is 0.205. The fraction of sp³-hybridized carbons (Fsp3) is 0.280. The molecule has 7 nitrogen and oxygen atoms in total. The predicted octanol–water partition coefficient (Wildman–Crippen LogP) is 3.50. The third kappa shape index (κ3) is 4.19. The minimum atomic E-state index is -0.660. The molecule has 2 aromatic rings. The van der Waals surface area contributed by atoms with Crippen LogP contribution in [0.15, 0.2) is 60.7 Å². The number of hydrogen-bond acceptors (Lipinski definition) is 5. The minimum Gasteiger partial charge on any atom is -0.452 e. The van der Waals surface area contributed by atoms with Gasteiger partial charge in [-0.05, 0) is 55.2 Å². The zero-order valence-electron chi connectivity index (χ0n) is 17.7. The Labute approximate surface area is 186 Å². The van der Waals surface area contributed by atoms with Crippen molar-refractivity contribution in [3.63, 3.8) is 0 Å². The maximum Gasteiger partial charge on any atom is 0.338 e. The van der Waals surface area contributed by atoms with E-state index in [2.05, 4.69) is 5.32 Å². The number of rotatable bonds is 6. The van der Waals surface area contributed by atoms with Crippen molar-refractivity contribution in [3.8, 4) is 0 Å². The zero-order chi connectivity index (χ0) is 22.7. The zero-order valence-corrected chi connectivity index (χ0v) is 17.7. The topological polar surface area (TPSA) is 92.8 Å². The highest BCUT2D eigenvalue weighted by Gasteiger charge is 2.47. The van der Waals surface area contributed by atoms with Crippen LogP contribution in [-0.2, 0) is 25.5 Å². The Morgan fingerprint density at radius 1 is 0.969 bits per heavy atom. The summed E-state index contributed by atoms with van der Waals surface area (Å²) in [6.45, 7) is 1.57. The molecule has 2 aromatic carbocycles. The lowest BCUT2D eigenvalue weighted by Crippen LogP contribution is -2.30. The number of fused-ring (bicyclic) bond motifs is 1. The van der Waals surface area contributed by atoms with E-state index in [1.54, 1.807) is 18.2 Å². The summed E-state index contributed by atoms with van der Waals surface area (Å²) < 4.78 is 5.11. The summed E-state index contributed by atoms with van der Waals surface area (Å²) in [5.41, 5.74) is 2.34. The molecule has 0 bridgehead atoms. The van der Waals surface area contributed by atoms with Crippen molar-refractivity contribution in [2.45, 2.75) is 26.2 Å². The summed E-state index contributed by atoms with van der Waals surface area (Å²) in [4.78, 5) is 51.1. The molecular formula is C25H24N2O5. The SMILES string of the molecule is CCc1ccccc1NC(=O)COC(=O)c1ccc(N2C(=O)[C@H]3CC=CC[C@@H]3C2=O)cc1.